The van der Waals surface area contributed by atoms with E-state index in [4.69, 9.17) is 23.2 Å². The van der Waals surface area contributed by atoms with Gasteiger partial charge in [0.1, 0.15) is 0 Å². The molecule has 4 heteroatoms. The highest BCUT2D eigenvalue weighted by atomic mass is 35.5. The molecule has 1 N–H and O–H groups in total. The van der Waals surface area contributed by atoms with E-state index in [1.165, 1.54) is 0 Å². The fourth-order valence-corrected chi connectivity index (χ4v) is 3.50. The SMILES string of the molecule is CN(C)C[C@@]1(c2ccc(Cl)c(Cl)c2)CCCC[C@H]1O. The van der Waals surface area contributed by atoms with Crippen molar-refractivity contribution in [3.05, 3.63) is 33.8 Å². The third kappa shape index (κ3) is 3.08. The van der Waals surface area contributed by atoms with E-state index in [1.807, 2.05) is 32.3 Å². The Kier molecular flexibility index (Phi) is 4.78. The topological polar surface area (TPSA) is 23.5 Å². The van der Waals surface area contributed by atoms with Crippen molar-refractivity contribution in [3.63, 3.8) is 0 Å². The lowest BCUT2D eigenvalue weighted by Gasteiger charge is -2.44. The van der Waals surface area contributed by atoms with Crippen molar-refractivity contribution >= 4 is 23.2 Å². The Morgan fingerprint density at radius 2 is 2.00 bits per heavy atom. The number of aliphatic hydroxyl groups is 1. The second-order valence-electron chi connectivity index (χ2n) is 5.78. The van der Waals surface area contributed by atoms with E-state index in [0.717, 1.165) is 37.8 Å². The minimum Gasteiger partial charge on any atom is -0.392 e. The summed E-state index contributed by atoms with van der Waals surface area (Å²) in [6.45, 7) is 0.826. The fraction of sp³-hybridized carbons (Fsp3) is 0.600. The van der Waals surface area contributed by atoms with Crippen LogP contribution in [-0.2, 0) is 5.41 Å². The Hall–Kier alpha value is -0.280. The molecule has 0 saturated heterocycles. The van der Waals surface area contributed by atoms with Crippen LogP contribution in [0.5, 0.6) is 0 Å². The summed E-state index contributed by atoms with van der Waals surface area (Å²) in [6.07, 6.45) is 3.77. The number of likely N-dealkylation sites (N-methyl/N-ethyl adjacent to an activating group) is 1. The van der Waals surface area contributed by atoms with Gasteiger partial charge in [-0.05, 0) is 44.6 Å². The maximum atomic E-state index is 10.6. The molecule has 0 aliphatic heterocycles. The van der Waals surface area contributed by atoms with Gasteiger partial charge < -0.3 is 10.0 Å². The van der Waals surface area contributed by atoms with Gasteiger partial charge in [0.05, 0.1) is 16.1 Å². The molecule has 1 aromatic carbocycles. The van der Waals surface area contributed by atoms with E-state index in [-0.39, 0.29) is 11.5 Å². The standard InChI is InChI=1S/C15H21Cl2NO/c1-18(2)10-15(8-4-3-5-14(15)19)11-6-7-12(16)13(17)9-11/h6-7,9,14,19H,3-5,8,10H2,1-2H3/t14-,15-/m1/s1. The van der Waals surface area contributed by atoms with Crippen LogP contribution in [0.15, 0.2) is 18.2 Å². The lowest BCUT2D eigenvalue weighted by molar-refractivity contribution is 0.0264. The molecule has 106 valence electrons. The molecule has 0 spiro atoms. The van der Waals surface area contributed by atoms with E-state index in [1.54, 1.807) is 0 Å². The number of aliphatic hydroxyl groups excluding tert-OH is 1. The number of nitrogens with zero attached hydrogens (tertiary/aromatic N) is 1. The zero-order valence-electron chi connectivity index (χ0n) is 11.5. The van der Waals surface area contributed by atoms with E-state index in [9.17, 15) is 5.11 Å². The minimum absolute atomic E-state index is 0.226. The molecule has 0 heterocycles. The molecule has 1 aliphatic carbocycles. The highest BCUT2D eigenvalue weighted by Gasteiger charge is 2.41. The molecule has 0 unspecified atom stereocenters. The second kappa shape index (κ2) is 6.01. The molecule has 2 nitrogen and oxygen atoms in total. The Labute approximate surface area is 125 Å². The van der Waals surface area contributed by atoms with Gasteiger partial charge >= 0.3 is 0 Å². The smallest absolute Gasteiger partial charge is 0.0649 e. The zero-order valence-corrected chi connectivity index (χ0v) is 13.0. The molecule has 1 saturated carbocycles. The first-order valence-electron chi connectivity index (χ1n) is 6.74. The summed E-state index contributed by atoms with van der Waals surface area (Å²) in [5.41, 5.74) is 0.874. The Bertz CT molecular complexity index is 450. The number of hydrogen-bond acceptors (Lipinski definition) is 2. The fourth-order valence-electron chi connectivity index (χ4n) is 3.20. The van der Waals surface area contributed by atoms with Crippen LogP contribution < -0.4 is 0 Å². The molecule has 0 aromatic heterocycles. The summed E-state index contributed by atoms with van der Waals surface area (Å²) in [6, 6.07) is 5.76. The third-order valence-electron chi connectivity index (χ3n) is 4.08. The molecule has 0 amide bonds. The predicted molar refractivity (Wildman–Crippen MR) is 81.2 cm³/mol. The Morgan fingerprint density at radius 1 is 1.26 bits per heavy atom. The number of halogens is 2. The van der Waals surface area contributed by atoms with Crippen molar-refractivity contribution in [1.29, 1.82) is 0 Å². The first-order chi connectivity index (χ1) is 8.95. The van der Waals surface area contributed by atoms with Crippen LogP contribution in [0, 0.1) is 0 Å². The highest BCUT2D eigenvalue weighted by Crippen LogP contribution is 2.41. The van der Waals surface area contributed by atoms with E-state index in [0.29, 0.717) is 10.0 Å². The van der Waals surface area contributed by atoms with Gasteiger partial charge in [0.25, 0.3) is 0 Å². The van der Waals surface area contributed by atoms with E-state index >= 15 is 0 Å². The van der Waals surface area contributed by atoms with Gasteiger partial charge in [-0.3, -0.25) is 0 Å². The Balaban J connectivity index is 2.43. The van der Waals surface area contributed by atoms with Gasteiger partial charge in [-0.1, -0.05) is 42.1 Å². The molecule has 0 bridgehead atoms. The van der Waals surface area contributed by atoms with Gasteiger partial charge in [0.2, 0.25) is 0 Å². The Morgan fingerprint density at radius 3 is 2.58 bits per heavy atom. The van der Waals surface area contributed by atoms with Crippen LogP contribution in [0.3, 0.4) is 0 Å². The van der Waals surface area contributed by atoms with Crippen LogP contribution in [-0.4, -0.2) is 36.8 Å². The number of hydrogen-bond donors (Lipinski definition) is 1. The van der Waals surface area contributed by atoms with Crippen LogP contribution in [0.25, 0.3) is 0 Å². The van der Waals surface area contributed by atoms with Gasteiger partial charge in [0, 0.05) is 12.0 Å². The molecular weight excluding hydrogens is 281 g/mol. The van der Waals surface area contributed by atoms with Crippen molar-refractivity contribution < 1.29 is 5.11 Å². The largest absolute Gasteiger partial charge is 0.392 e. The molecule has 0 radical (unpaired) electrons. The molecular formula is C15H21Cl2NO. The average molecular weight is 302 g/mol. The predicted octanol–water partition coefficient (Wildman–Crippen LogP) is 3.73. The summed E-state index contributed by atoms with van der Waals surface area (Å²) in [5, 5.41) is 11.7. The maximum absolute atomic E-state index is 10.6. The maximum Gasteiger partial charge on any atom is 0.0649 e. The second-order valence-corrected chi connectivity index (χ2v) is 6.60. The van der Waals surface area contributed by atoms with Crippen molar-refractivity contribution in [3.8, 4) is 0 Å². The van der Waals surface area contributed by atoms with Gasteiger partial charge in [-0.15, -0.1) is 0 Å². The first kappa shape index (κ1) is 15.1. The molecule has 19 heavy (non-hydrogen) atoms. The van der Waals surface area contributed by atoms with Crippen molar-refractivity contribution in [1.82, 2.24) is 4.90 Å². The van der Waals surface area contributed by atoms with Gasteiger partial charge in [-0.2, -0.15) is 0 Å². The van der Waals surface area contributed by atoms with Crippen molar-refractivity contribution in [2.45, 2.75) is 37.2 Å². The molecule has 1 fully saturated rings. The first-order valence-corrected chi connectivity index (χ1v) is 7.49. The van der Waals surface area contributed by atoms with Crippen molar-refractivity contribution in [2.75, 3.05) is 20.6 Å². The molecule has 2 rings (SSSR count). The normalized spacial score (nSPS) is 27.8. The number of benzene rings is 1. The molecule has 1 aliphatic rings. The van der Waals surface area contributed by atoms with Crippen LogP contribution in [0.4, 0.5) is 0 Å². The monoisotopic (exact) mass is 301 g/mol. The zero-order chi connectivity index (χ0) is 14.0. The van der Waals surface area contributed by atoms with E-state index < -0.39 is 0 Å². The minimum atomic E-state index is -0.319. The van der Waals surface area contributed by atoms with Crippen LogP contribution in [0.1, 0.15) is 31.2 Å². The summed E-state index contributed by atoms with van der Waals surface area (Å²) >= 11 is 12.2. The average Bonchev–Trinajstić information content (AvgIpc) is 2.35. The van der Waals surface area contributed by atoms with Crippen molar-refractivity contribution in [2.24, 2.45) is 0 Å². The lowest BCUT2D eigenvalue weighted by atomic mass is 9.67. The molecule has 1 aromatic rings. The highest BCUT2D eigenvalue weighted by molar-refractivity contribution is 6.42. The molecule has 2 atom stereocenters. The van der Waals surface area contributed by atoms with Gasteiger partial charge in [-0.25, -0.2) is 0 Å². The van der Waals surface area contributed by atoms with Crippen LogP contribution >= 0.6 is 23.2 Å². The third-order valence-corrected chi connectivity index (χ3v) is 4.82. The van der Waals surface area contributed by atoms with E-state index in [2.05, 4.69) is 4.90 Å². The summed E-state index contributed by atoms with van der Waals surface area (Å²) < 4.78 is 0. The van der Waals surface area contributed by atoms with Crippen LogP contribution in [0.2, 0.25) is 10.0 Å². The number of rotatable bonds is 3. The van der Waals surface area contributed by atoms with Gasteiger partial charge in [0.15, 0.2) is 0 Å². The quantitative estimate of drug-likeness (QED) is 0.919. The lowest BCUT2D eigenvalue weighted by Crippen LogP contribution is -2.49. The summed E-state index contributed by atoms with van der Waals surface area (Å²) in [5.74, 6) is 0. The summed E-state index contributed by atoms with van der Waals surface area (Å²) in [7, 11) is 4.08. The summed E-state index contributed by atoms with van der Waals surface area (Å²) in [4.78, 5) is 2.14.